The third-order valence-electron chi connectivity index (χ3n) is 8.06. The number of benzene rings is 1. The van der Waals surface area contributed by atoms with Crippen LogP contribution in [0.3, 0.4) is 0 Å². The van der Waals surface area contributed by atoms with E-state index in [1.165, 1.54) is 0 Å². The van der Waals surface area contributed by atoms with Crippen molar-refractivity contribution in [1.82, 2.24) is 34.8 Å². The number of carbonyl (C=O) groups is 2. The highest BCUT2D eigenvalue weighted by molar-refractivity contribution is 5.94. The van der Waals surface area contributed by atoms with Gasteiger partial charge in [0.05, 0.1) is 17.9 Å². The Morgan fingerprint density at radius 1 is 0.957 bits per heavy atom. The molecule has 1 aromatic carbocycles. The summed E-state index contributed by atoms with van der Waals surface area (Å²) >= 11 is 0. The maximum absolute atomic E-state index is 13.3. The molecule has 0 saturated heterocycles. The van der Waals surface area contributed by atoms with E-state index in [1.807, 2.05) is 80.7 Å². The summed E-state index contributed by atoms with van der Waals surface area (Å²) in [5.41, 5.74) is 3.00. The van der Waals surface area contributed by atoms with E-state index in [4.69, 9.17) is 4.74 Å². The molecule has 1 aliphatic rings. The lowest BCUT2D eigenvalue weighted by atomic mass is 9.85. The predicted molar refractivity (Wildman–Crippen MR) is 178 cm³/mol. The van der Waals surface area contributed by atoms with Crippen LogP contribution >= 0.6 is 0 Å². The lowest BCUT2D eigenvalue weighted by molar-refractivity contribution is 0.0966. The van der Waals surface area contributed by atoms with Crippen LogP contribution in [0.15, 0.2) is 48.7 Å². The summed E-state index contributed by atoms with van der Waals surface area (Å²) in [6, 6.07) is 13.0. The Morgan fingerprint density at radius 2 is 1.70 bits per heavy atom. The van der Waals surface area contributed by atoms with Gasteiger partial charge in [0, 0.05) is 23.3 Å². The van der Waals surface area contributed by atoms with Gasteiger partial charge in [-0.05, 0) is 63.2 Å². The summed E-state index contributed by atoms with van der Waals surface area (Å²) in [6.45, 7) is 13.2. The molecule has 5 rings (SSSR count). The van der Waals surface area contributed by atoms with Gasteiger partial charge in [-0.15, -0.1) is 10.2 Å². The molecule has 1 aliphatic carbocycles. The third kappa shape index (κ3) is 7.70. The Hall–Kier alpha value is -4.38. The van der Waals surface area contributed by atoms with Gasteiger partial charge in [-0.3, -0.25) is 14.5 Å². The number of nitrogens with one attached hydrogen (secondary N) is 2. The summed E-state index contributed by atoms with van der Waals surface area (Å²) in [6.07, 6.45) is 4.21. The van der Waals surface area contributed by atoms with Crippen molar-refractivity contribution in [3.63, 3.8) is 0 Å². The third-order valence-corrected chi connectivity index (χ3v) is 8.06. The van der Waals surface area contributed by atoms with Crippen molar-refractivity contribution in [3.05, 3.63) is 77.1 Å². The molecule has 0 unspecified atom stereocenters. The lowest BCUT2D eigenvalue weighted by Crippen LogP contribution is -2.36. The van der Waals surface area contributed by atoms with Crippen LogP contribution in [0.5, 0.6) is 5.75 Å². The van der Waals surface area contributed by atoms with Crippen LogP contribution in [0.4, 0.5) is 10.6 Å². The standard InChI is InChI=1S/C35H46N8O3/c1-34(2,3)28-20-29(38-31(37-28)26(44)14-11-19-42(7)8)39-33(45)36-25-16-17-27(24-13-10-9-12-23(24)25)46-22-15-18-30-40-41-32(35(4,5)6)43(30)21-22/h9-10,12-13,15,18,20-21,25,27H,11,14,16-17,19H2,1-8H3,(H2,36,37,38,39,45)/t25-,27+/m0/s1. The number of hydrogen-bond donors (Lipinski definition) is 2. The van der Waals surface area contributed by atoms with Crippen LogP contribution in [0.25, 0.3) is 5.65 Å². The molecule has 0 aliphatic heterocycles. The highest BCUT2D eigenvalue weighted by atomic mass is 16.5. The molecule has 3 heterocycles. The molecule has 3 aromatic heterocycles. The molecule has 2 atom stereocenters. The number of ether oxygens (including phenoxy) is 1. The van der Waals surface area contributed by atoms with E-state index in [0.717, 1.165) is 34.9 Å². The molecule has 46 heavy (non-hydrogen) atoms. The number of carbonyl (C=O) groups excluding carboxylic acids is 2. The van der Waals surface area contributed by atoms with E-state index in [2.05, 4.69) is 57.6 Å². The van der Waals surface area contributed by atoms with Crippen molar-refractivity contribution in [3.8, 4) is 5.75 Å². The molecule has 0 spiro atoms. The second kappa shape index (κ2) is 13.2. The van der Waals surface area contributed by atoms with Crippen LogP contribution in [0, 0.1) is 0 Å². The fraction of sp³-hybridized carbons (Fsp3) is 0.486. The van der Waals surface area contributed by atoms with Crippen molar-refractivity contribution in [2.45, 2.75) is 90.2 Å². The Balaban J connectivity index is 1.31. The fourth-order valence-corrected chi connectivity index (χ4v) is 5.64. The minimum absolute atomic E-state index is 0.128. The molecule has 11 nitrogen and oxygen atoms in total. The second-order valence-corrected chi connectivity index (χ2v) is 14.4. The number of ketones is 1. The highest BCUT2D eigenvalue weighted by Crippen LogP contribution is 2.39. The number of amides is 2. The van der Waals surface area contributed by atoms with Crippen molar-refractivity contribution >= 4 is 23.3 Å². The first-order valence-corrected chi connectivity index (χ1v) is 15.9. The molecule has 4 aromatic rings. The summed E-state index contributed by atoms with van der Waals surface area (Å²) < 4.78 is 8.53. The van der Waals surface area contributed by atoms with E-state index in [-0.39, 0.29) is 34.6 Å². The van der Waals surface area contributed by atoms with Crippen molar-refractivity contribution in [1.29, 1.82) is 0 Å². The summed E-state index contributed by atoms with van der Waals surface area (Å²) in [7, 11) is 3.95. The number of pyridine rings is 1. The summed E-state index contributed by atoms with van der Waals surface area (Å²) in [5.74, 6) is 1.89. The van der Waals surface area contributed by atoms with Crippen LogP contribution in [0.2, 0.25) is 0 Å². The topological polar surface area (TPSA) is 127 Å². The number of Topliss-reactive ketones (excluding diaryl/α,β-unsaturated/α-hetero) is 1. The Morgan fingerprint density at radius 3 is 2.39 bits per heavy atom. The molecule has 11 heteroatoms. The smallest absolute Gasteiger partial charge is 0.320 e. The van der Waals surface area contributed by atoms with Crippen molar-refractivity contribution in [2.24, 2.45) is 0 Å². The Kier molecular flexibility index (Phi) is 9.44. The van der Waals surface area contributed by atoms with Crippen LogP contribution < -0.4 is 15.4 Å². The molecule has 2 amide bonds. The minimum Gasteiger partial charge on any atom is -0.484 e. The molecule has 0 radical (unpaired) electrons. The van der Waals surface area contributed by atoms with Gasteiger partial charge in [0.15, 0.2) is 17.3 Å². The first-order valence-electron chi connectivity index (χ1n) is 15.9. The number of aromatic nitrogens is 5. The average Bonchev–Trinajstić information content (AvgIpc) is 3.42. The van der Waals surface area contributed by atoms with E-state index in [0.29, 0.717) is 37.2 Å². The van der Waals surface area contributed by atoms with Gasteiger partial charge >= 0.3 is 6.03 Å². The van der Waals surface area contributed by atoms with Gasteiger partial charge in [-0.25, -0.2) is 14.8 Å². The lowest BCUT2D eigenvalue weighted by Gasteiger charge is -2.32. The number of nitrogens with zero attached hydrogens (tertiary/aromatic N) is 6. The molecule has 0 saturated carbocycles. The van der Waals surface area contributed by atoms with Gasteiger partial charge in [0.1, 0.15) is 23.5 Å². The Labute approximate surface area is 271 Å². The number of fused-ring (bicyclic) bond motifs is 2. The Bertz CT molecular complexity index is 1720. The number of hydrogen-bond acceptors (Lipinski definition) is 8. The quantitative estimate of drug-likeness (QED) is 0.204. The monoisotopic (exact) mass is 626 g/mol. The first-order chi connectivity index (χ1) is 21.7. The molecular weight excluding hydrogens is 580 g/mol. The van der Waals surface area contributed by atoms with E-state index < -0.39 is 6.03 Å². The number of rotatable bonds is 9. The van der Waals surface area contributed by atoms with E-state index in [9.17, 15) is 9.59 Å². The van der Waals surface area contributed by atoms with Gasteiger partial charge in [-0.2, -0.15) is 0 Å². The zero-order chi connectivity index (χ0) is 33.2. The zero-order valence-corrected chi connectivity index (χ0v) is 28.2. The minimum atomic E-state index is -0.392. The van der Waals surface area contributed by atoms with E-state index in [1.54, 1.807) is 6.07 Å². The van der Waals surface area contributed by atoms with Gasteiger partial charge in [0.25, 0.3) is 0 Å². The predicted octanol–water partition coefficient (Wildman–Crippen LogP) is 6.42. The van der Waals surface area contributed by atoms with Crippen LogP contribution in [-0.4, -0.2) is 61.9 Å². The zero-order valence-electron chi connectivity index (χ0n) is 28.2. The van der Waals surface area contributed by atoms with Crippen LogP contribution in [-0.2, 0) is 10.8 Å². The van der Waals surface area contributed by atoms with Crippen molar-refractivity contribution in [2.75, 3.05) is 26.0 Å². The SMILES string of the molecule is CN(C)CCCC(=O)c1nc(NC(=O)N[C@H]2CC[C@@H](Oc3ccc4nnc(C(C)(C)C)n4c3)c3ccccc32)cc(C(C)(C)C)n1. The van der Waals surface area contributed by atoms with Gasteiger partial charge in [-0.1, -0.05) is 65.8 Å². The summed E-state index contributed by atoms with van der Waals surface area (Å²) in [4.78, 5) is 37.4. The maximum Gasteiger partial charge on any atom is 0.320 e. The van der Waals surface area contributed by atoms with Crippen molar-refractivity contribution < 1.29 is 14.3 Å². The highest BCUT2D eigenvalue weighted by Gasteiger charge is 2.30. The normalized spacial score (nSPS) is 16.7. The second-order valence-electron chi connectivity index (χ2n) is 14.4. The molecular formula is C35H46N8O3. The number of anilines is 1. The van der Waals surface area contributed by atoms with E-state index >= 15 is 0 Å². The largest absolute Gasteiger partial charge is 0.484 e. The van der Waals surface area contributed by atoms with Gasteiger partial charge in [0.2, 0.25) is 0 Å². The first kappa shape index (κ1) is 33.0. The number of urea groups is 1. The molecule has 244 valence electrons. The molecule has 0 bridgehead atoms. The maximum atomic E-state index is 13.3. The fourth-order valence-electron chi connectivity index (χ4n) is 5.64. The average molecular weight is 627 g/mol. The van der Waals surface area contributed by atoms with Crippen LogP contribution in [0.1, 0.15) is 113 Å². The molecule has 2 N–H and O–H groups in total. The molecule has 0 fully saturated rings. The van der Waals surface area contributed by atoms with Gasteiger partial charge < -0.3 is 15.0 Å². The summed E-state index contributed by atoms with van der Waals surface area (Å²) in [5, 5.41) is 14.7.